The molecule has 6 rings (SSSR count). The van der Waals surface area contributed by atoms with Gasteiger partial charge in [0.15, 0.2) is 6.10 Å². The molecule has 0 aliphatic carbocycles. The number of benzene rings is 5. The zero-order valence-corrected chi connectivity index (χ0v) is 30.9. The number of rotatable bonds is 19. The van der Waals surface area contributed by atoms with E-state index in [1.54, 1.807) is 6.08 Å². The molecule has 9 heteroatoms. The minimum atomic E-state index is -0.987. The van der Waals surface area contributed by atoms with Crippen LogP contribution in [-0.2, 0) is 71.0 Å². The summed E-state index contributed by atoms with van der Waals surface area (Å²) in [4.78, 5) is 26.8. The van der Waals surface area contributed by atoms with E-state index >= 15 is 0 Å². The van der Waals surface area contributed by atoms with E-state index in [1.807, 2.05) is 152 Å². The Morgan fingerprint density at radius 3 is 1.56 bits per heavy atom. The predicted molar refractivity (Wildman–Crippen MR) is 208 cm³/mol. The largest absolute Gasteiger partial charge is 0.478 e. The number of hydrogen-bond acceptors (Lipinski definition) is 8. The lowest BCUT2D eigenvalue weighted by atomic mass is 9.93. The van der Waals surface area contributed by atoms with E-state index < -0.39 is 36.4 Å². The van der Waals surface area contributed by atoms with Crippen LogP contribution in [0.1, 0.15) is 34.7 Å². The lowest BCUT2D eigenvalue weighted by Crippen LogP contribution is -2.61. The molecule has 1 aliphatic heterocycles. The molecule has 1 amide bonds. The number of nitrogens with one attached hydrogen (secondary N) is 1. The molecular formula is C46H47NO8. The molecule has 0 saturated heterocycles. The van der Waals surface area contributed by atoms with Crippen LogP contribution in [0.3, 0.4) is 0 Å². The van der Waals surface area contributed by atoms with Crippen molar-refractivity contribution < 1.29 is 38.0 Å². The number of carbonyl (C=O) groups excluding carboxylic acids is 2. The molecule has 0 bridgehead atoms. The third kappa shape index (κ3) is 12.2. The summed E-state index contributed by atoms with van der Waals surface area (Å²) in [6, 6.07) is 47.7. The van der Waals surface area contributed by atoms with Crippen LogP contribution in [-0.4, -0.2) is 48.9 Å². The second-order valence-corrected chi connectivity index (χ2v) is 13.3. The zero-order chi connectivity index (χ0) is 38.1. The smallest absolute Gasteiger partial charge is 0.373 e. The SMILES string of the molecule is CC(=O)N[C@H]1[C@H]([C@H](OCc2ccccc2)[C@@H](COCc2ccccc2)OCc2ccccc2)OC(C(=O)OCc2ccccc2)=C[C@H]1OCc1ccccc1. The van der Waals surface area contributed by atoms with Crippen LogP contribution in [0.2, 0.25) is 0 Å². The van der Waals surface area contributed by atoms with Crippen LogP contribution in [0.5, 0.6) is 0 Å². The third-order valence-corrected chi connectivity index (χ3v) is 9.03. The average Bonchev–Trinajstić information content (AvgIpc) is 3.23. The van der Waals surface area contributed by atoms with Gasteiger partial charge in [-0.05, 0) is 33.9 Å². The maximum absolute atomic E-state index is 13.8. The summed E-state index contributed by atoms with van der Waals surface area (Å²) in [5.41, 5.74) is 4.61. The minimum absolute atomic E-state index is 0.0414. The highest BCUT2D eigenvalue weighted by molar-refractivity contribution is 5.86. The summed E-state index contributed by atoms with van der Waals surface area (Å²) in [6.07, 6.45) is -1.84. The molecule has 0 radical (unpaired) electrons. The predicted octanol–water partition coefficient (Wildman–Crippen LogP) is 7.49. The van der Waals surface area contributed by atoms with E-state index in [9.17, 15) is 9.59 Å². The first-order valence-corrected chi connectivity index (χ1v) is 18.5. The van der Waals surface area contributed by atoms with Gasteiger partial charge < -0.3 is 33.7 Å². The van der Waals surface area contributed by atoms with E-state index in [4.69, 9.17) is 28.4 Å². The van der Waals surface area contributed by atoms with Gasteiger partial charge in [0.1, 0.15) is 24.9 Å². The van der Waals surface area contributed by atoms with Gasteiger partial charge >= 0.3 is 5.97 Å². The summed E-state index contributed by atoms with van der Waals surface area (Å²) in [6.45, 7) is 2.57. The molecule has 0 saturated carbocycles. The molecule has 9 nitrogen and oxygen atoms in total. The van der Waals surface area contributed by atoms with E-state index in [2.05, 4.69) is 5.32 Å². The van der Waals surface area contributed by atoms with Crippen LogP contribution in [0.4, 0.5) is 0 Å². The van der Waals surface area contributed by atoms with E-state index in [0.29, 0.717) is 6.61 Å². The van der Waals surface area contributed by atoms with Crippen molar-refractivity contribution in [3.63, 3.8) is 0 Å². The van der Waals surface area contributed by atoms with Gasteiger partial charge in [0.05, 0.1) is 39.1 Å². The second-order valence-electron chi connectivity index (χ2n) is 13.3. The van der Waals surface area contributed by atoms with Gasteiger partial charge in [0, 0.05) is 6.92 Å². The molecule has 5 aromatic carbocycles. The summed E-state index contributed by atoms with van der Waals surface area (Å²) < 4.78 is 38.7. The van der Waals surface area contributed by atoms with Crippen molar-refractivity contribution >= 4 is 11.9 Å². The Labute approximate surface area is 322 Å². The van der Waals surface area contributed by atoms with E-state index in [-0.39, 0.29) is 44.7 Å². The first-order valence-electron chi connectivity index (χ1n) is 18.5. The molecule has 1 heterocycles. The van der Waals surface area contributed by atoms with Crippen molar-refractivity contribution in [2.24, 2.45) is 0 Å². The molecule has 55 heavy (non-hydrogen) atoms. The van der Waals surface area contributed by atoms with Crippen LogP contribution in [0.15, 0.2) is 163 Å². The van der Waals surface area contributed by atoms with E-state index in [0.717, 1.165) is 27.8 Å². The van der Waals surface area contributed by atoms with Crippen molar-refractivity contribution in [3.8, 4) is 0 Å². The average molecular weight is 742 g/mol. The maximum atomic E-state index is 13.8. The Hall–Kier alpha value is -5.58. The van der Waals surface area contributed by atoms with Crippen molar-refractivity contribution in [1.82, 2.24) is 5.32 Å². The highest BCUT2D eigenvalue weighted by Crippen LogP contribution is 2.30. The zero-order valence-electron chi connectivity index (χ0n) is 30.9. The first-order chi connectivity index (χ1) is 27.0. The minimum Gasteiger partial charge on any atom is -0.478 e. The number of esters is 1. The fraction of sp³-hybridized carbons (Fsp3) is 0.261. The quantitative estimate of drug-likeness (QED) is 0.0870. The Morgan fingerprint density at radius 1 is 0.600 bits per heavy atom. The van der Waals surface area contributed by atoms with Crippen LogP contribution < -0.4 is 5.32 Å². The Bertz CT molecular complexity index is 1910. The van der Waals surface area contributed by atoms with Crippen molar-refractivity contribution in [2.75, 3.05) is 6.61 Å². The third-order valence-electron chi connectivity index (χ3n) is 9.03. The molecule has 0 spiro atoms. The fourth-order valence-electron chi connectivity index (χ4n) is 6.26. The molecule has 1 aliphatic rings. The second kappa shape index (κ2) is 20.8. The normalized spacial score (nSPS) is 17.6. The van der Waals surface area contributed by atoms with Gasteiger partial charge in [0.25, 0.3) is 0 Å². The van der Waals surface area contributed by atoms with Gasteiger partial charge in [-0.25, -0.2) is 4.79 Å². The highest BCUT2D eigenvalue weighted by atomic mass is 16.6. The molecule has 5 aromatic rings. The number of ether oxygens (including phenoxy) is 6. The van der Waals surface area contributed by atoms with Gasteiger partial charge in [-0.2, -0.15) is 0 Å². The summed E-state index contributed by atoms with van der Waals surface area (Å²) in [5, 5.41) is 3.06. The first kappa shape index (κ1) is 39.1. The van der Waals surface area contributed by atoms with E-state index in [1.165, 1.54) is 6.92 Å². The number of amides is 1. The van der Waals surface area contributed by atoms with Crippen molar-refractivity contribution in [1.29, 1.82) is 0 Å². The standard InChI is InChI=1S/C46H47NO8/c1-34(48)47-43-40(51-29-36-19-9-3-10-20-36)27-41(46(49)54-32-39-25-15-6-16-26-39)55-45(43)44(53-31-38-23-13-5-14-24-38)42(52-30-37-21-11-4-12-22-37)33-50-28-35-17-7-2-8-18-35/h2-27,40,42-45H,28-33H2,1H3,(H,47,48)/t40-,42-,43-,44-,45-/m1/s1. The summed E-state index contributed by atoms with van der Waals surface area (Å²) in [7, 11) is 0. The van der Waals surface area contributed by atoms with Gasteiger partial charge in [-0.3, -0.25) is 4.79 Å². The molecule has 284 valence electrons. The van der Waals surface area contributed by atoms with Crippen molar-refractivity contribution in [2.45, 2.75) is 70.4 Å². The molecule has 0 fully saturated rings. The molecule has 0 aromatic heterocycles. The molecule has 5 atom stereocenters. The van der Waals surface area contributed by atoms with Gasteiger partial charge in [0.2, 0.25) is 11.7 Å². The monoisotopic (exact) mass is 741 g/mol. The summed E-state index contributed by atoms with van der Waals surface area (Å²) >= 11 is 0. The number of hydrogen-bond donors (Lipinski definition) is 1. The maximum Gasteiger partial charge on any atom is 0.373 e. The highest BCUT2D eigenvalue weighted by Gasteiger charge is 2.46. The molecule has 0 unspecified atom stereocenters. The van der Waals surface area contributed by atoms with Crippen LogP contribution in [0, 0.1) is 0 Å². The van der Waals surface area contributed by atoms with Crippen molar-refractivity contribution in [3.05, 3.63) is 191 Å². The van der Waals surface area contributed by atoms with Gasteiger partial charge in [-0.1, -0.05) is 152 Å². The molecular weight excluding hydrogens is 695 g/mol. The Kier molecular flexibility index (Phi) is 14.8. The lowest BCUT2D eigenvalue weighted by molar-refractivity contribution is -0.182. The fourth-order valence-corrected chi connectivity index (χ4v) is 6.26. The lowest BCUT2D eigenvalue weighted by Gasteiger charge is -2.42. The molecule has 1 N–H and O–H groups in total. The van der Waals surface area contributed by atoms with Crippen LogP contribution in [0.25, 0.3) is 0 Å². The van der Waals surface area contributed by atoms with Gasteiger partial charge in [-0.15, -0.1) is 0 Å². The Morgan fingerprint density at radius 2 is 1.05 bits per heavy atom. The number of carbonyl (C=O) groups is 2. The summed E-state index contributed by atoms with van der Waals surface area (Å²) in [5.74, 6) is -1.03. The Balaban J connectivity index is 1.35. The topological polar surface area (TPSA) is 102 Å². The van der Waals surface area contributed by atoms with Crippen LogP contribution >= 0.6 is 0 Å².